The van der Waals surface area contributed by atoms with E-state index in [0.717, 1.165) is 44.0 Å². The lowest BCUT2D eigenvalue weighted by Gasteiger charge is -2.32. The maximum absolute atomic E-state index is 12.9. The maximum Gasteiger partial charge on any atom is 0.573 e. The van der Waals surface area contributed by atoms with Gasteiger partial charge in [0.1, 0.15) is 5.75 Å². The smallest absolute Gasteiger partial charge is 0.406 e. The van der Waals surface area contributed by atoms with E-state index in [1.54, 1.807) is 37.3 Å². The molecule has 3 aromatic carbocycles. The first-order valence-corrected chi connectivity index (χ1v) is 13.5. The van der Waals surface area contributed by atoms with Crippen molar-refractivity contribution in [2.45, 2.75) is 19.8 Å². The van der Waals surface area contributed by atoms with E-state index in [0.29, 0.717) is 34.2 Å². The Morgan fingerprint density at radius 2 is 1.62 bits per heavy atom. The van der Waals surface area contributed by atoms with E-state index in [1.165, 1.54) is 24.3 Å². The molecule has 0 aliphatic carbocycles. The summed E-state index contributed by atoms with van der Waals surface area (Å²) >= 11 is 0. The lowest BCUT2D eigenvalue weighted by atomic mass is 10.1. The molecule has 1 amide bonds. The van der Waals surface area contributed by atoms with Gasteiger partial charge in [0, 0.05) is 60.9 Å². The largest absolute Gasteiger partial charge is 0.573 e. The molecule has 0 radical (unpaired) electrons. The summed E-state index contributed by atoms with van der Waals surface area (Å²) in [6.45, 7) is 6.79. The monoisotopic (exact) mass is 576 g/mol. The number of alkyl halides is 3. The van der Waals surface area contributed by atoms with Gasteiger partial charge >= 0.3 is 6.36 Å². The van der Waals surface area contributed by atoms with E-state index in [1.807, 2.05) is 18.2 Å². The van der Waals surface area contributed by atoms with Crippen molar-refractivity contribution < 1.29 is 22.7 Å². The van der Waals surface area contributed by atoms with E-state index in [2.05, 4.69) is 48.3 Å². The Bertz CT molecular complexity index is 1520. The van der Waals surface area contributed by atoms with Gasteiger partial charge in [0.05, 0.1) is 5.69 Å². The van der Waals surface area contributed by atoms with Crippen LogP contribution in [-0.4, -0.2) is 65.3 Å². The first kappa shape index (κ1) is 29.0. The molecule has 1 aliphatic heterocycles. The van der Waals surface area contributed by atoms with E-state index < -0.39 is 6.36 Å². The molecule has 2 N–H and O–H groups in total. The number of nitrogens with zero attached hydrogens (tertiary/aromatic N) is 4. The Kier molecular flexibility index (Phi) is 8.69. The van der Waals surface area contributed by atoms with Gasteiger partial charge in [-0.1, -0.05) is 12.1 Å². The molecule has 5 rings (SSSR count). The molecule has 1 fully saturated rings. The van der Waals surface area contributed by atoms with Gasteiger partial charge in [0.15, 0.2) is 0 Å². The number of hydrogen-bond donors (Lipinski definition) is 2. The molecule has 0 saturated carbocycles. The highest BCUT2D eigenvalue weighted by Crippen LogP contribution is 2.27. The number of aromatic nitrogens is 2. The number of rotatable bonds is 8. The summed E-state index contributed by atoms with van der Waals surface area (Å²) < 4.78 is 41.3. The Morgan fingerprint density at radius 3 is 2.31 bits per heavy atom. The van der Waals surface area contributed by atoms with Gasteiger partial charge in [0.25, 0.3) is 5.91 Å². The molecule has 11 heteroatoms. The van der Waals surface area contributed by atoms with Crippen LogP contribution in [0.4, 0.5) is 30.5 Å². The summed E-state index contributed by atoms with van der Waals surface area (Å²) in [6, 6.07) is 22.1. The zero-order valence-corrected chi connectivity index (χ0v) is 23.3. The van der Waals surface area contributed by atoms with E-state index in [9.17, 15) is 18.0 Å². The van der Waals surface area contributed by atoms with Gasteiger partial charge in [-0.05, 0) is 86.3 Å². The number of piperazine rings is 1. The quantitative estimate of drug-likeness (QED) is 0.263. The molecule has 0 atom stereocenters. The van der Waals surface area contributed by atoms with Crippen LogP contribution >= 0.6 is 0 Å². The van der Waals surface area contributed by atoms with E-state index in [-0.39, 0.29) is 11.7 Å². The number of carbonyl (C=O) groups excluding carboxylic acids is 1. The molecule has 0 bridgehead atoms. The second kappa shape index (κ2) is 12.6. The fraction of sp³-hybridized carbons (Fsp3) is 0.258. The Hall–Kier alpha value is -4.48. The number of benzene rings is 3. The second-order valence-corrected chi connectivity index (χ2v) is 10.2. The standard InChI is InChI=1S/C31H31F3N6O2/c1-21-18-28(23-8-12-27(13-9-23)42-31(32,33)34)38-30(35-21)37-25-10-6-24(7-11-25)29(41)36-26-5-3-4-22(19-26)20-40-16-14-39(2)15-17-40/h3-13,18-19H,14-17,20H2,1-2H3,(H,36,41)(H,35,37,38). The van der Waals surface area contributed by atoms with Gasteiger partial charge in [-0.15, -0.1) is 13.2 Å². The fourth-order valence-corrected chi connectivity index (χ4v) is 4.65. The van der Waals surface area contributed by atoms with Crippen LogP contribution in [0, 0.1) is 6.92 Å². The van der Waals surface area contributed by atoms with Crippen LogP contribution in [0.3, 0.4) is 0 Å². The summed E-state index contributed by atoms with van der Waals surface area (Å²) in [5.41, 5.74) is 4.88. The summed E-state index contributed by atoms with van der Waals surface area (Å²) in [6.07, 6.45) is -4.75. The molecule has 2 heterocycles. The van der Waals surface area contributed by atoms with Crippen molar-refractivity contribution in [1.29, 1.82) is 0 Å². The molecule has 218 valence electrons. The molecule has 0 spiro atoms. The first-order chi connectivity index (χ1) is 20.1. The summed E-state index contributed by atoms with van der Waals surface area (Å²) in [4.78, 5) is 26.6. The third-order valence-electron chi connectivity index (χ3n) is 6.83. The van der Waals surface area contributed by atoms with Crippen LogP contribution in [0.5, 0.6) is 5.75 Å². The minimum Gasteiger partial charge on any atom is -0.406 e. The fourth-order valence-electron chi connectivity index (χ4n) is 4.65. The molecule has 42 heavy (non-hydrogen) atoms. The van der Waals surface area contributed by atoms with Gasteiger partial charge in [-0.25, -0.2) is 9.97 Å². The number of hydrogen-bond acceptors (Lipinski definition) is 7. The molecule has 1 saturated heterocycles. The van der Waals surface area contributed by atoms with Crippen molar-refractivity contribution >= 4 is 23.2 Å². The number of nitrogens with one attached hydrogen (secondary N) is 2. The van der Waals surface area contributed by atoms with Crippen LogP contribution in [0.1, 0.15) is 21.6 Å². The maximum atomic E-state index is 12.9. The van der Waals surface area contributed by atoms with Gasteiger partial charge in [-0.3, -0.25) is 9.69 Å². The Balaban J connectivity index is 1.21. The van der Waals surface area contributed by atoms with Crippen molar-refractivity contribution in [1.82, 2.24) is 19.8 Å². The lowest BCUT2D eigenvalue weighted by molar-refractivity contribution is -0.274. The third-order valence-corrected chi connectivity index (χ3v) is 6.83. The molecular formula is C31H31F3N6O2. The summed E-state index contributed by atoms with van der Waals surface area (Å²) in [5, 5.41) is 6.11. The SMILES string of the molecule is Cc1cc(-c2ccc(OC(F)(F)F)cc2)nc(Nc2ccc(C(=O)Nc3cccc(CN4CCN(C)CC4)c3)cc2)n1. The number of halogens is 3. The number of aryl methyl sites for hydroxylation is 1. The summed E-state index contributed by atoms with van der Waals surface area (Å²) in [5.74, 6) is -0.210. The first-order valence-electron chi connectivity index (χ1n) is 13.5. The van der Waals surface area contributed by atoms with Gasteiger partial charge < -0.3 is 20.3 Å². The normalized spacial score (nSPS) is 14.4. The highest BCUT2D eigenvalue weighted by molar-refractivity contribution is 6.04. The van der Waals surface area contributed by atoms with E-state index >= 15 is 0 Å². The topological polar surface area (TPSA) is 82.6 Å². The number of likely N-dealkylation sites (N-methyl/N-ethyl adjacent to an activating group) is 1. The Labute approximate surface area is 242 Å². The Morgan fingerprint density at radius 1 is 0.905 bits per heavy atom. The third kappa shape index (κ3) is 8.05. The highest BCUT2D eigenvalue weighted by Gasteiger charge is 2.31. The second-order valence-electron chi connectivity index (χ2n) is 10.2. The molecule has 1 aliphatic rings. The zero-order valence-electron chi connectivity index (χ0n) is 23.3. The van der Waals surface area contributed by atoms with Crippen LogP contribution in [-0.2, 0) is 6.54 Å². The van der Waals surface area contributed by atoms with Crippen LogP contribution in [0.15, 0.2) is 78.9 Å². The van der Waals surface area contributed by atoms with Gasteiger partial charge in [0.2, 0.25) is 5.95 Å². The van der Waals surface area contributed by atoms with E-state index in [4.69, 9.17) is 0 Å². The molecular weight excluding hydrogens is 545 g/mol. The average Bonchev–Trinajstić information content (AvgIpc) is 2.94. The zero-order chi connectivity index (χ0) is 29.7. The summed E-state index contributed by atoms with van der Waals surface area (Å²) in [7, 11) is 2.13. The van der Waals surface area contributed by atoms with Gasteiger partial charge in [-0.2, -0.15) is 0 Å². The molecule has 8 nitrogen and oxygen atoms in total. The predicted octanol–water partition coefficient (Wildman–Crippen LogP) is 6.09. The minimum atomic E-state index is -4.75. The lowest BCUT2D eigenvalue weighted by Crippen LogP contribution is -2.43. The number of ether oxygens (including phenoxy) is 1. The highest BCUT2D eigenvalue weighted by atomic mass is 19.4. The molecule has 4 aromatic rings. The molecule has 1 aromatic heterocycles. The number of amides is 1. The van der Waals surface area contributed by atoms with Crippen molar-refractivity contribution in [3.8, 4) is 17.0 Å². The number of anilines is 3. The van der Waals surface area contributed by atoms with Crippen molar-refractivity contribution in [3.63, 3.8) is 0 Å². The molecule has 0 unspecified atom stereocenters. The van der Waals surface area contributed by atoms with Crippen LogP contribution in [0.2, 0.25) is 0 Å². The predicted molar refractivity (Wildman–Crippen MR) is 156 cm³/mol. The van der Waals surface area contributed by atoms with Crippen molar-refractivity contribution in [3.05, 3.63) is 95.7 Å². The van der Waals surface area contributed by atoms with Crippen LogP contribution < -0.4 is 15.4 Å². The van der Waals surface area contributed by atoms with Crippen molar-refractivity contribution in [2.24, 2.45) is 0 Å². The van der Waals surface area contributed by atoms with Crippen molar-refractivity contribution in [2.75, 3.05) is 43.9 Å². The number of carbonyl (C=O) groups is 1. The average molecular weight is 577 g/mol. The van der Waals surface area contributed by atoms with Crippen LogP contribution in [0.25, 0.3) is 11.3 Å². The minimum absolute atomic E-state index is 0.217.